The largest absolute Gasteiger partial charge is 0.357 e. The number of hydrogen-bond donors (Lipinski definition) is 2. The molecule has 2 N–H and O–H groups in total. The molecule has 1 aliphatic carbocycles. The average molecular weight is 300 g/mol. The first-order valence-corrected chi connectivity index (χ1v) is 8.12. The molecule has 1 aromatic rings. The fourth-order valence-electron chi connectivity index (χ4n) is 2.67. The number of guanidine groups is 1. The summed E-state index contributed by atoms with van der Waals surface area (Å²) in [5.74, 6) is 0.916. The molecule has 0 spiro atoms. The maximum Gasteiger partial charge on any atom is 0.191 e. The first kappa shape index (κ1) is 16.6. The van der Waals surface area contributed by atoms with Gasteiger partial charge in [-0.3, -0.25) is 4.99 Å². The van der Waals surface area contributed by atoms with E-state index < -0.39 is 0 Å². The molecule has 0 heterocycles. The van der Waals surface area contributed by atoms with Crippen LogP contribution in [0.4, 0.5) is 0 Å². The second-order valence-electron chi connectivity index (χ2n) is 5.89. The standard InChI is InChI=1S/C18H28N4/c1-4-19-18(21-16-12-8-9-13-16)20-14-17(22(2)3)15-10-6-5-7-11-15/h5-11,16-17H,4,12-14H2,1-3H3,(H2,19,20,21). The molecule has 1 unspecified atom stereocenters. The molecule has 4 nitrogen and oxygen atoms in total. The monoisotopic (exact) mass is 300 g/mol. The Balaban J connectivity index is 2.02. The molecule has 1 aliphatic rings. The zero-order chi connectivity index (χ0) is 15.8. The molecule has 2 rings (SSSR count). The van der Waals surface area contributed by atoms with E-state index in [0.29, 0.717) is 12.1 Å². The van der Waals surface area contributed by atoms with Crippen LogP contribution in [-0.4, -0.2) is 44.1 Å². The maximum absolute atomic E-state index is 4.80. The Kier molecular flexibility index (Phi) is 6.46. The summed E-state index contributed by atoms with van der Waals surface area (Å²) in [6.45, 7) is 3.72. The van der Waals surface area contributed by atoms with Crippen LogP contribution in [0.15, 0.2) is 47.5 Å². The Morgan fingerprint density at radius 2 is 1.91 bits per heavy atom. The van der Waals surface area contributed by atoms with Crippen molar-refractivity contribution in [3.05, 3.63) is 48.0 Å². The van der Waals surface area contributed by atoms with Crippen molar-refractivity contribution in [3.8, 4) is 0 Å². The van der Waals surface area contributed by atoms with Crippen LogP contribution in [0.3, 0.4) is 0 Å². The highest BCUT2D eigenvalue weighted by Gasteiger charge is 2.15. The Bertz CT molecular complexity index is 485. The number of likely N-dealkylation sites (N-methyl/N-ethyl adjacent to an activating group) is 1. The minimum atomic E-state index is 0.290. The van der Waals surface area contributed by atoms with E-state index in [-0.39, 0.29) is 0 Å². The maximum atomic E-state index is 4.80. The Morgan fingerprint density at radius 3 is 2.50 bits per heavy atom. The van der Waals surface area contributed by atoms with Crippen molar-refractivity contribution in [2.45, 2.75) is 31.8 Å². The normalized spacial score (nSPS) is 17.0. The summed E-state index contributed by atoms with van der Waals surface area (Å²) in [7, 11) is 4.21. The van der Waals surface area contributed by atoms with Crippen LogP contribution in [-0.2, 0) is 0 Å². The van der Waals surface area contributed by atoms with Gasteiger partial charge in [-0.1, -0.05) is 42.5 Å². The van der Waals surface area contributed by atoms with Crippen molar-refractivity contribution in [1.29, 1.82) is 0 Å². The van der Waals surface area contributed by atoms with Gasteiger partial charge in [0.25, 0.3) is 0 Å². The Labute approximate surface area is 134 Å². The zero-order valence-electron chi connectivity index (χ0n) is 13.9. The van der Waals surface area contributed by atoms with Gasteiger partial charge in [0.15, 0.2) is 5.96 Å². The van der Waals surface area contributed by atoms with Gasteiger partial charge in [0.2, 0.25) is 0 Å². The first-order valence-electron chi connectivity index (χ1n) is 8.12. The lowest BCUT2D eigenvalue weighted by Gasteiger charge is -2.24. The average Bonchev–Trinajstić information content (AvgIpc) is 3.01. The zero-order valence-corrected chi connectivity index (χ0v) is 13.9. The summed E-state index contributed by atoms with van der Waals surface area (Å²) in [5, 5.41) is 6.87. The minimum absolute atomic E-state index is 0.290. The highest BCUT2D eigenvalue weighted by atomic mass is 15.2. The number of nitrogens with one attached hydrogen (secondary N) is 2. The lowest BCUT2D eigenvalue weighted by atomic mass is 10.1. The predicted octanol–water partition coefficient (Wildman–Crippen LogP) is 2.56. The van der Waals surface area contributed by atoms with E-state index in [9.17, 15) is 0 Å². The quantitative estimate of drug-likeness (QED) is 0.482. The van der Waals surface area contributed by atoms with Gasteiger partial charge in [0.05, 0.1) is 12.6 Å². The summed E-state index contributed by atoms with van der Waals surface area (Å²) >= 11 is 0. The SMILES string of the molecule is CCNC(=NCC(c1ccccc1)N(C)C)NC1CC=CC1. The smallest absolute Gasteiger partial charge is 0.191 e. The van der Waals surface area contributed by atoms with Crippen LogP contribution in [0.25, 0.3) is 0 Å². The lowest BCUT2D eigenvalue weighted by molar-refractivity contribution is 0.306. The van der Waals surface area contributed by atoms with Crippen LogP contribution < -0.4 is 10.6 Å². The molecule has 1 aromatic carbocycles. The van der Waals surface area contributed by atoms with Crippen molar-refractivity contribution in [2.75, 3.05) is 27.2 Å². The van der Waals surface area contributed by atoms with Gasteiger partial charge in [-0.05, 0) is 39.4 Å². The third kappa shape index (κ3) is 4.88. The highest BCUT2D eigenvalue weighted by Crippen LogP contribution is 2.18. The van der Waals surface area contributed by atoms with Gasteiger partial charge in [-0.15, -0.1) is 0 Å². The number of rotatable bonds is 6. The van der Waals surface area contributed by atoms with E-state index >= 15 is 0 Å². The highest BCUT2D eigenvalue weighted by molar-refractivity contribution is 5.80. The molecular weight excluding hydrogens is 272 g/mol. The van der Waals surface area contributed by atoms with E-state index in [1.165, 1.54) is 5.56 Å². The number of hydrogen-bond acceptors (Lipinski definition) is 2. The summed E-state index contributed by atoms with van der Waals surface area (Å²) in [4.78, 5) is 7.02. The van der Waals surface area contributed by atoms with E-state index in [4.69, 9.17) is 4.99 Å². The van der Waals surface area contributed by atoms with E-state index in [1.54, 1.807) is 0 Å². The molecule has 1 atom stereocenters. The van der Waals surface area contributed by atoms with Crippen LogP contribution >= 0.6 is 0 Å². The molecule has 0 saturated carbocycles. The molecule has 0 aliphatic heterocycles. The van der Waals surface area contributed by atoms with Crippen LogP contribution in [0, 0.1) is 0 Å². The molecule has 0 bridgehead atoms. The summed E-state index contributed by atoms with van der Waals surface area (Å²) < 4.78 is 0. The van der Waals surface area contributed by atoms with E-state index in [2.05, 4.69) is 79.0 Å². The first-order chi connectivity index (χ1) is 10.7. The third-order valence-corrected chi connectivity index (χ3v) is 3.92. The van der Waals surface area contributed by atoms with Gasteiger partial charge in [-0.25, -0.2) is 0 Å². The van der Waals surface area contributed by atoms with Gasteiger partial charge in [-0.2, -0.15) is 0 Å². The van der Waals surface area contributed by atoms with Gasteiger partial charge < -0.3 is 15.5 Å². The van der Waals surface area contributed by atoms with Crippen molar-refractivity contribution in [1.82, 2.24) is 15.5 Å². The van der Waals surface area contributed by atoms with E-state index in [1.807, 2.05) is 0 Å². The van der Waals surface area contributed by atoms with Gasteiger partial charge >= 0.3 is 0 Å². The summed E-state index contributed by atoms with van der Waals surface area (Å²) in [6.07, 6.45) is 6.63. The summed E-state index contributed by atoms with van der Waals surface area (Å²) in [5.41, 5.74) is 1.30. The molecule has 0 amide bonds. The minimum Gasteiger partial charge on any atom is -0.357 e. The second-order valence-corrected chi connectivity index (χ2v) is 5.89. The van der Waals surface area contributed by atoms with Crippen molar-refractivity contribution >= 4 is 5.96 Å². The van der Waals surface area contributed by atoms with E-state index in [0.717, 1.165) is 31.9 Å². The van der Waals surface area contributed by atoms with Crippen molar-refractivity contribution in [3.63, 3.8) is 0 Å². The molecular formula is C18H28N4. The molecule has 0 radical (unpaired) electrons. The van der Waals surface area contributed by atoms with Crippen molar-refractivity contribution < 1.29 is 0 Å². The Morgan fingerprint density at radius 1 is 1.23 bits per heavy atom. The predicted molar refractivity (Wildman–Crippen MR) is 94.1 cm³/mol. The number of nitrogens with zero attached hydrogens (tertiary/aromatic N) is 2. The number of aliphatic imine (C=N–C) groups is 1. The van der Waals surface area contributed by atoms with Crippen LogP contribution in [0.2, 0.25) is 0 Å². The topological polar surface area (TPSA) is 39.7 Å². The molecule has 0 saturated heterocycles. The lowest BCUT2D eigenvalue weighted by Crippen LogP contribution is -2.43. The van der Waals surface area contributed by atoms with Crippen molar-refractivity contribution in [2.24, 2.45) is 4.99 Å². The fraction of sp³-hybridized carbons (Fsp3) is 0.500. The number of benzene rings is 1. The molecule has 0 aromatic heterocycles. The summed E-state index contributed by atoms with van der Waals surface area (Å²) in [6, 6.07) is 11.3. The second kappa shape index (κ2) is 8.59. The molecule has 120 valence electrons. The van der Waals surface area contributed by atoms with Gasteiger partial charge in [0.1, 0.15) is 0 Å². The van der Waals surface area contributed by atoms with Gasteiger partial charge in [0, 0.05) is 12.6 Å². The third-order valence-electron chi connectivity index (χ3n) is 3.92. The molecule has 22 heavy (non-hydrogen) atoms. The molecule has 0 fully saturated rings. The Hall–Kier alpha value is -1.81. The molecule has 4 heteroatoms. The fourth-order valence-corrected chi connectivity index (χ4v) is 2.67. The van der Waals surface area contributed by atoms with Crippen LogP contribution in [0.1, 0.15) is 31.4 Å². The van der Waals surface area contributed by atoms with Crippen LogP contribution in [0.5, 0.6) is 0 Å².